The lowest BCUT2D eigenvalue weighted by Crippen LogP contribution is -2.32. The van der Waals surface area contributed by atoms with Crippen LogP contribution < -0.4 is 4.57 Å². The molecule has 4 aromatic rings. The third-order valence-corrected chi connectivity index (χ3v) is 4.14. The summed E-state index contributed by atoms with van der Waals surface area (Å²) in [4.78, 5) is 4.64. The fourth-order valence-corrected chi connectivity index (χ4v) is 2.85. The average molecular weight is 259 g/mol. The second kappa shape index (κ2) is 4.01. The number of hydrogen-bond acceptors (Lipinski definition) is 1. The lowest BCUT2D eigenvalue weighted by Gasteiger charge is -2.05. The normalized spacial score (nSPS) is 11.5. The molecule has 2 heteroatoms. The number of aromatic nitrogens is 2. The van der Waals surface area contributed by atoms with E-state index in [0.29, 0.717) is 0 Å². The van der Waals surface area contributed by atoms with Crippen molar-refractivity contribution in [3.05, 3.63) is 60.6 Å². The molecule has 0 aliphatic rings. The maximum Gasteiger partial charge on any atom is 0.286 e. The maximum absolute atomic E-state index is 4.64. The fourth-order valence-electron chi connectivity index (χ4n) is 2.85. The van der Waals surface area contributed by atoms with Crippen LogP contribution in [-0.2, 0) is 7.05 Å². The van der Waals surface area contributed by atoms with Crippen molar-refractivity contribution in [1.82, 2.24) is 4.98 Å². The molecule has 3 aromatic carbocycles. The number of aryl methyl sites for hydroxylation is 2. The smallest absolute Gasteiger partial charge is 0.237 e. The van der Waals surface area contributed by atoms with Crippen LogP contribution in [0.5, 0.6) is 0 Å². The highest BCUT2D eigenvalue weighted by Crippen LogP contribution is 2.28. The fraction of sp³-hybridized carbons (Fsp3) is 0.111. The summed E-state index contributed by atoms with van der Waals surface area (Å²) >= 11 is 0. The summed E-state index contributed by atoms with van der Waals surface area (Å²) < 4.78 is 2.06. The monoisotopic (exact) mass is 259 g/mol. The van der Waals surface area contributed by atoms with Crippen LogP contribution in [0.3, 0.4) is 0 Å². The van der Waals surface area contributed by atoms with Crippen LogP contribution in [0.25, 0.3) is 32.4 Å². The first-order chi connectivity index (χ1) is 9.74. The summed E-state index contributed by atoms with van der Waals surface area (Å²) in [5, 5.41) is 6.23. The van der Waals surface area contributed by atoms with E-state index in [4.69, 9.17) is 0 Å². The summed E-state index contributed by atoms with van der Waals surface area (Å²) in [5.41, 5.74) is 2.33. The van der Waals surface area contributed by atoms with Crippen molar-refractivity contribution in [2.75, 3.05) is 0 Å². The van der Waals surface area contributed by atoms with Gasteiger partial charge in [-0.1, -0.05) is 30.3 Å². The summed E-state index contributed by atoms with van der Waals surface area (Å²) in [5.74, 6) is 0. The number of hydrogen-bond donors (Lipinski definition) is 0. The van der Waals surface area contributed by atoms with Crippen LogP contribution in [0.4, 0.5) is 0 Å². The van der Waals surface area contributed by atoms with Gasteiger partial charge in [-0.3, -0.25) is 0 Å². The molecule has 0 fully saturated rings. The second-order valence-electron chi connectivity index (χ2n) is 5.32. The van der Waals surface area contributed by atoms with Gasteiger partial charge in [0.2, 0.25) is 0 Å². The Morgan fingerprint density at radius 3 is 2.40 bits per heavy atom. The van der Waals surface area contributed by atoms with Crippen molar-refractivity contribution in [3.8, 4) is 0 Å². The number of rotatable bonds is 0. The molecular weight excluding hydrogens is 244 g/mol. The molecule has 0 unspecified atom stereocenters. The minimum absolute atomic E-state index is 1.09. The maximum atomic E-state index is 4.64. The van der Waals surface area contributed by atoms with Gasteiger partial charge in [0.05, 0.1) is 12.4 Å². The Hall–Kier alpha value is -2.48. The molecule has 0 saturated heterocycles. The molecule has 0 aliphatic carbocycles. The standard InChI is InChI=1S/C18H15N2/c1-12-16-8-7-15-9-13-5-3-4-6-14(13)10-17(15)18(16)19-11-20(12)2/h3-11H,1-2H3/q+1. The lowest BCUT2D eigenvalue weighted by atomic mass is 10.0. The predicted molar refractivity (Wildman–Crippen MR) is 82.7 cm³/mol. The summed E-state index contributed by atoms with van der Waals surface area (Å²) in [6.07, 6.45) is 1.90. The van der Waals surface area contributed by atoms with Crippen LogP contribution >= 0.6 is 0 Å². The second-order valence-corrected chi connectivity index (χ2v) is 5.32. The minimum Gasteiger partial charge on any atom is -0.237 e. The van der Waals surface area contributed by atoms with E-state index in [-0.39, 0.29) is 0 Å². The van der Waals surface area contributed by atoms with Gasteiger partial charge in [0, 0.05) is 5.39 Å². The molecule has 0 amide bonds. The molecule has 0 bridgehead atoms. The van der Waals surface area contributed by atoms with E-state index in [9.17, 15) is 0 Å². The first-order valence-corrected chi connectivity index (χ1v) is 6.80. The third-order valence-electron chi connectivity index (χ3n) is 4.14. The van der Waals surface area contributed by atoms with Crippen LogP contribution in [0.2, 0.25) is 0 Å². The molecule has 1 heterocycles. The number of nitrogens with zero attached hydrogens (tertiary/aromatic N) is 2. The summed E-state index contributed by atoms with van der Waals surface area (Å²) in [6.45, 7) is 2.14. The number of benzene rings is 3. The van der Waals surface area contributed by atoms with Crippen molar-refractivity contribution in [2.24, 2.45) is 7.05 Å². The molecule has 0 N–H and O–H groups in total. The van der Waals surface area contributed by atoms with E-state index in [1.54, 1.807) is 0 Å². The van der Waals surface area contributed by atoms with Crippen LogP contribution in [-0.4, -0.2) is 4.98 Å². The van der Waals surface area contributed by atoms with E-state index >= 15 is 0 Å². The van der Waals surface area contributed by atoms with Gasteiger partial charge >= 0.3 is 0 Å². The van der Waals surface area contributed by atoms with E-state index < -0.39 is 0 Å². The SMILES string of the molecule is Cc1c2ccc3cc4ccccc4cc3c2nc[n+]1C. The van der Waals surface area contributed by atoms with Crippen molar-refractivity contribution in [2.45, 2.75) is 6.92 Å². The van der Waals surface area contributed by atoms with Gasteiger partial charge in [0.25, 0.3) is 6.33 Å². The number of fused-ring (bicyclic) bond motifs is 4. The van der Waals surface area contributed by atoms with Crippen LogP contribution in [0.1, 0.15) is 5.69 Å². The van der Waals surface area contributed by atoms with Crippen molar-refractivity contribution >= 4 is 32.4 Å². The summed E-state index contributed by atoms with van der Waals surface area (Å²) in [6, 6.07) is 17.3. The van der Waals surface area contributed by atoms with E-state index in [0.717, 1.165) is 5.52 Å². The predicted octanol–water partition coefficient (Wildman–Crippen LogP) is 3.67. The molecule has 0 radical (unpaired) electrons. The Kier molecular flexibility index (Phi) is 2.27. The van der Waals surface area contributed by atoms with E-state index in [2.05, 4.69) is 65.0 Å². The van der Waals surface area contributed by atoms with Gasteiger partial charge in [-0.05, 0) is 46.3 Å². The van der Waals surface area contributed by atoms with Gasteiger partial charge < -0.3 is 0 Å². The molecule has 20 heavy (non-hydrogen) atoms. The van der Waals surface area contributed by atoms with Crippen LogP contribution in [0, 0.1) is 6.92 Å². The Labute approximate surface area is 117 Å². The van der Waals surface area contributed by atoms with Gasteiger partial charge in [0.15, 0.2) is 5.52 Å². The van der Waals surface area contributed by atoms with Gasteiger partial charge in [0.1, 0.15) is 5.69 Å². The van der Waals surface area contributed by atoms with E-state index in [1.165, 1.54) is 32.6 Å². The van der Waals surface area contributed by atoms with Crippen molar-refractivity contribution in [1.29, 1.82) is 0 Å². The largest absolute Gasteiger partial charge is 0.286 e. The first kappa shape index (κ1) is 11.4. The zero-order valence-electron chi connectivity index (χ0n) is 11.6. The van der Waals surface area contributed by atoms with E-state index in [1.807, 2.05) is 13.4 Å². The molecule has 0 atom stereocenters. The van der Waals surface area contributed by atoms with Gasteiger partial charge in [-0.2, -0.15) is 0 Å². The lowest BCUT2D eigenvalue weighted by molar-refractivity contribution is -0.679. The molecule has 0 spiro atoms. The topological polar surface area (TPSA) is 16.8 Å². The quantitative estimate of drug-likeness (QED) is 0.267. The average Bonchev–Trinajstić information content (AvgIpc) is 2.48. The highest BCUT2D eigenvalue weighted by atomic mass is 15.0. The Balaban J connectivity index is 2.24. The zero-order valence-corrected chi connectivity index (χ0v) is 11.6. The Morgan fingerprint density at radius 1 is 0.850 bits per heavy atom. The third kappa shape index (κ3) is 1.51. The van der Waals surface area contributed by atoms with Crippen molar-refractivity contribution < 1.29 is 4.57 Å². The summed E-state index contributed by atoms with van der Waals surface area (Å²) in [7, 11) is 2.03. The van der Waals surface area contributed by atoms with Gasteiger partial charge in [-0.15, -0.1) is 0 Å². The van der Waals surface area contributed by atoms with Gasteiger partial charge in [-0.25, -0.2) is 4.57 Å². The Morgan fingerprint density at radius 2 is 1.60 bits per heavy atom. The molecule has 0 saturated carbocycles. The minimum atomic E-state index is 1.09. The van der Waals surface area contributed by atoms with Crippen LogP contribution in [0.15, 0.2) is 54.9 Å². The van der Waals surface area contributed by atoms with Crippen molar-refractivity contribution in [3.63, 3.8) is 0 Å². The highest BCUT2D eigenvalue weighted by Gasteiger charge is 2.12. The molecule has 1 aromatic heterocycles. The Bertz CT molecular complexity index is 971. The first-order valence-electron chi connectivity index (χ1n) is 6.80. The molecular formula is C18H15N2+. The molecule has 96 valence electrons. The molecule has 2 nitrogen and oxygen atoms in total. The highest BCUT2D eigenvalue weighted by molar-refractivity contribution is 6.10. The molecule has 4 rings (SSSR count). The zero-order chi connectivity index (χ0) is 13.7. The molecule has 0 aliphatic heterocycles.